The summed E-state index contributed by atoms with van der Waals surface area (Å²) in [5.41, 5.74) is 0.727. The van der Waals surface area contributed by atoms with Crippen molar-refractivity contribution in [3.8, 4) is 28.5 Å². The summed E-state index contributed by atoms with van der Waals surface area (Å²) in [6.07, 6.45) is 3.54. The highest BCUT2D eigenvalue weighted by Gasteiger charge is 2.40. The van der Waals surface area contributed by atoms with Crippen molar-refractivity contribution in [2.45, 2.75) is 38.5 Å². The zero-order chi connectivity index (χ0) is 24.0. The van der Waals surface area contributed by atoms with E-state index in [1.807, 2.05) is 19.2 Å². The van der Waals surface area contributed by atoms with Crippen LogP contribution in [0.3, 0.4) is 0 Å². The van der Waals surface area contributed by atoms with Crippen LogP contribution in [-0.2, 0) is 11.2 Å². The number of rotatable bonds is 7. The molecule has 1 aromatic carbocycles. The molecular weight excluding hydrogens is 460 g/mol. The van der Waals surface area contributed by atoms with Crippen LogP contribution < -0.4 is 19.6 Å². The normalized spacial score (nSPS) is 17.2. The van der Waals surface area contributed by atoms with Crippen LogP contribution in [0, 0.1) is 0 Å². The Morgan fingerprint density at radius 3 is 2.88 bits per heavy atom. The highest BCUT2D eigenvalue weighted by Crippen LogP contribution is 2.53. The number of fused-ring (bicyclic) bond motifs is 5. The number of pyridine rings is 1. The van der Waals surface area contributed by atoms with Gasteiger partial charge in [0.15, 0.2) is 21.9 Å². The van der Waals surface area contributed by atoms with Gasteiger partial charge in [0.1, 0.15) is 16.9 Å². The minimum atomic E-state index is -1.29. The molecule has 1 atom stereocenters. The Hall–Kier alpha value is -3.37. The van der Waals surface area contributed by atoms with Crippen molar-refractivity contribution in [1.29, 1.82) is 0 Å². The highest BCUT2D eigenvalue weighted by molar-refractivity contribution is 7.09. The molecule has 1 unspecified atom stereocenters. The number of aromatic carboxylic acids is 1. The summed E-state index contributed by atoms with van der Waals surface area (Å²) in [5.74, 6) is 0.410. The lowest BCUT2D eigenvalue weighted by Crippen LogP contribution is -2.28. The molecule has 0 spiro atoms. The Kier molecular flexibility index (Phi) is 5.57. The molecule has 0 saturated heterocycles. The van der Waals surface area contributed by atoms with E-state index in [0.717, 1.165) is 5.56 Å². The molecule has 0 radical (unpaired) electrons. The van der Waals surface area contributed by atoms with Gasteiger partial charge in [0.2, 0.25) is 6.23 Å². The van der Waals surface area contributed by atoms with Gasteiger partial charge in [0.05, 0.1) is 12.3 Å². The number of carbonyl (C=O) groups is 1. The van der Waals surface area contributed by atoms with E-state index in [0.29, 0.717) is 59.6 Å². The fourth-order valence-corrected chi connectivity index (χ4v) is 5.02. The standard InChI is InChI=1S/C24H24N2O7S/c1-24(2)11-13-19-15-9-16(27)14(23(28)29)12-26(15)22(21-25-5-8-34-21)32-17(19)10-18(20(13)33-24)31-7-4-6-30-3/h5,8-10,12,22H,4,6-7,11H2,1-3H3,(H,28,29). The van der Waals surface area contributed by atoms with E-state index in [1.54, 1.807) is 23.9 Å². The van der Waals surface area contributed by atoms with Crippen molar-refractivity contribution < 1.29 is 28.8 Å². The number of benzene rings is 1. The molecule has 2 aliphatic rings. The van der Waals surface area contributed by atoms with Gasteiger partial charge >= 0.3 is 5.97 Å². The van der Waals surface area contributed by atoms with Crippen LogP contribution in [0.2, 0.25) is 0 Å². The van der Waals surface area contributed by atoms with Gasteiger partial charge in [0.25, 0.3) is 0 Å². The largest absolute Gasteiger partial charge is 0.489 e. The van der Waals surface area contributed by atoms with Gasteiger partial charge < -0.3 is 28.6 Å². The molecular formula is C24H24N2O7S. The van der Waals surface area contributed by atoms with E-state index < -0.39 is 23.2 Å². The smallest absolute Gasteiger partial charge is 0.341 e. The molecule has 0 fully saturated rings. The molecule has 5 rings (SSSR count). The number of carboxylic acid groups (broad SMARTS) is 1. The number of ether oxygens (including phenoxy) is 4. The minimum absolute atomic E-state index is 0.330. The first-order valence-electron chi connectivity index (χ1n) is 10.9. The summed E-state index contributed by atoms with van der Waals surface area (Å²) < 4.78 is 25.5. The molecule has 4 heterocycles. The number of carboxylic acids is 1. The first-order valence-corrected chi connectivity index (χ1v) is 11.7. The van der Waals surface area contributed by atoms with Gasteiger partial charge in [-0.25, -0.2) is 9.78 Å². The van der Waals surface area contributed by atoms with Gasteiger partial charge in [-0.15, -0.1) is 11.3 Å². The lowest BCUT2D eigenvalue weighted by Gasteiger charge is -2.31. The maximum atomic E-state index is 12.7. The summed E-state index contributed by atoms with van der Waals surface area (Å²) in [6, 6.07) is 3.14. The Morgan fingerprint density at radius 2 is 2.18 bits per heavy atom. The van der Waals surface area contributed by atoms with Gasteiger partial charge in [0, 0.05) is 67.6 Å². The second-order valence-corrected chi connectivity index (χ2v) is 9.70. The van der Waals surface area contributed by atoms with Crippen LogP contribution >= 0.6 is 11.3 Å². The summed E-state index contributed by atoms with van der Waals surface area (Å²) in [4.78, 5) is 28.8. The molecule has 2 aliphatic heterocycles. The van der Waals surface area contributed by atoms with Crippen LogP contribution in [0.15, 0.2) is 34.7 Å². The molecule has 0 aliphatic carbocycles. The van der Waals surface area contributed by atoms with Gasteiger partial charge in [-0.1, -0.05) is 0 Å². The highest BCUT2D eigenvalue weighted by atomic mass is 32.1. The fourth-order valence-electron chi connectivity index (χ4n) is 4.36. The zero-order valence-electron chi connectivity index (χ0n) is 19.0. The van der Waals surface area contributed by atoms with Crippen molar-refractivity contribution in [3.63, 3.8) is 0 Å². The van der Waals surface area contributed by atoms with Gasteiger partial charge in [-0.05, 0) is 13.8 Å². The monoisotopic (exact) mass is 484 g/mol. The minimum Gasteiger partial charge on any atom is -0.489 e. The third kappa shape index (κ3) is 3.82. The van der Waals surface area contributed by atoms with Crippen molar-refractivity contribution in [2.24, 2.45) is 0 Å². The molecule has 2 aromatic heterocycles. The Morgan fingerprint density at radius 1 is 1.35 bits per heavy atom. The Labute approximate surface area is 199 Å². The van der Waals surface area contributed by atoms with Crippen LogP contribution in [0.25, 0.3) is 11.3 Å². The molecule has 0 bridgehead atoms. The molecule has 178 valence electrons. The number of thiazole rings is 1. The fraction of sp³-hybridized carbons (Fsp3) is 0.375. The van der Waals surface area contributed by atoms with Crippen molar-refractivity contribution in [2.75, 3.05) is 20.3 Å². The Balaban J connectivity index is 1.71. The molecule has 34 heavy (non-hydrogen) atoms. The molecule has 0 amide bonds. The number of aromatic nitrogens is 2. The van der Waals surface area contributed by atoms with E-state index in [4.69, 9.17) is 18.9 Å². The van der Waals surface area contributed by atoms with Gasteiger partial charge in [-0.2, -0.15) is 0 Å². The third-order valence-corrected chi connectivity index (χ3v) is 6.57. The summed E-state index contributed by atoms with van der Waals surface area (Å²) >= 11 is 1.38. The van der Waals surface area contributed by atoms with E-state index in [2.05, 4.69) is 4.98 Å². The van der Waals surface area contributed by atoms with Crippen LogP contribution in [0.5, 0.6) is 17.2 Å². The third-order valence-electron chi connectivity index (χ3n) is 5.76. The topological polar surface area (TPSA) is 109 Å². The number of hydrogen-bond donors (Lipinski definition) is 1. The average molecular weight is 485 g/mol. The van der Waals surface area contributed by atoms with Crippen molar-refractivity contribution in [1.82, 2.24) is 9.55 Å². The Bertz CT molecular complexity index is 1310. The predicted octanol–water partition coefficient (Wildman–Crippen LogP) is 3.74. The van der Waals surface area contributed by atoms with E-state index in [1.165, 1.54) is 23.6 Å². The quantitative estimate of drug-likeness (QED) is 0.505. The average Bonchev–Trinajstić information content (AvgIpc) is 3.42. The van der Waals surface area contributed by atoms with Crippen molar-refractivity contribution >= 4 is 17.3 Å². The molecule has 9 nitrogen and oxygen atoms in total. The lowest BCUT2D eigenvalue weighted by atomic mass is 9.93. The second kappa shape index (κ2) is 8.44. The van der Waals surface area contributed by atoms with E-state index in [9.17, 15) is 14.7 Å². The predicted molar refractivity (Wildman–Crippen MR) is 124 cm³/mol. The zero-order valence-corrected chi connectivity index (χ0v) is 19.8. The van der Waals surface area contributed by atoms with Crippen molar-refractivity contribution in [3.05, 3.63) is 56.3 Å². The number of methoxy groups -OCH3 is 1. The van der Waals surface area contributed by atoms with Gasteiger partial charge in [-0.3, -0.25) is 4.79 Å². The molecule has 0 saturated carbocycles. The summed E-state index contributed by atoms with van der Waals surface area (Å²) in [5, 5.41) is 12.0. The van der Waals surface area contributed by atoms with Crippen LogP contribution in [-0.4, -0.2) is 46.6 Å². The first-order chi connectivity index (χ1) is 16.3. The van der Waals surface area contributed by atoms with E-state index >= 15 is 0 Å². The van der Waals surface area contributed by atoms with Crippen LogP contribution in [0.4, 0.5) is 0 Å². The lowest BCUT2D eigenvalue weighted by molar-refractivity contribution is 0.0693. The SMILES string of the molecule is COCCCOc1cc2c(c3c1OC(C)(C)C3)-c1cc(=O)c(C(=O)O)cn1C(c1nccs1)O2. The molecule has 3 aromatic rings. The molecule has 10 heteroatoms. The number of nitrogens with zero attached hydrogens (tertiary/aromatic N) is 2. The summed E-state index contributed by atoms with van der Waals surface area (Å²) in [6.45, 7) is 4.98. The van der Waals surface area contributed by atoms with E-state index in [-0.39, 0.29) is 5.56 Å². The second-order valence-electron chi connectivity index (χ2n) is 8.78. The first kappa shape index (κ1) is 22.4. The van der Waals surface area contributed by atoms with Crippen LogP contribution in [0.1, 0.15) is 47.4 Å². The summed E-state index contributed by atoms with van der Waals surface area (Å²) in [7, 11) is 1.64. The maximum Gasteiger partial charge on any atom is 0.341 e. The molecule has 1 N–H and O–H groups in total. The maximum absolute atomic E-state index is 12.7. The number of hydrogen-bond acceptors (Lipinski definition) is 8.